The van der Waals surface area contributed by atoms with Gasteiger partial charge in [0.2, 0.25) is 5.91 Å². The number of hydrogen-bond donors (Lipinski definition) is 2. The Kier molecular flexibility index (Phi) is 3.95. The number of nitrogens with one attached hydrogen (secondary N) is 2. The Morgan fingerprint density at radius 1 is 1.23 bits per heavy atom. The van der Waals surface area contributed by atoms with Gasteiger partial charge in [-0.15, -0.1) is 0 Å². The zero-order chi connectivity index (χ0) is 15.5. The summed E-state index contributed by atoms with van der Waals surface area (Å²) in [4.78, 5) is 37.8. The van der Waals surface area contributed by atoms with Gasteiger partial charge in [0.1, 0.15) is 0 Å². The lowest BCUT2D eigenvalue weighted by Crippen LogP contribution is -2.64. The maximum absolute atomic E-state index is 11.9. The molecule has 2 fully saturated rings. The molecule has 2 N–H and O–H groups in total. The molecule has 0 aromatic heterocycles. The minimum atomic E-state index is -0.362. The summed E-state index contributed by atoms with van der Waals surface area (Å²) in [6, 6.07) is 9.21. The fraction of sp³-hybridized carbons (Fsp3) is 0.400. The van der Waals surface area contributed by atoms with Gasteiger partial charge in [-0.05, 0) is 12.0 Å². The molecule has 22 heavy (non-hydrogen) atoms. The van der Waals surface area contributed by atoms with Crippen molar-refractivity contribution in [1.82, 2.24) is 20.4 Å². The minimum Gasteiger partial charge on any atom is -0.338 e. The summed E-state index contributed by atoms with van der Waals surface area (Å²) < 4.78 is 0. The quantitative estimate of drug-likeness (QED) is 0.778. The van der Waals surface area contributed by atoms with Gasteiger partial charge in [0.05, 0.1) is 12.6 Å². The van der Waals surface area contributed by atoms with Gasteiger partial charge < -0.3 is 15.5 Å². The second-order valence-electron chi connectivity index (χ2n) is 5.45. The molecule has 5 amide bonds. The Hall–Kier alpha value is -2.57. The molecule has 0 atom stereocenters. The van der Waals surface area contributed by atoms with Crippen LogP contribution in [0, 0.1) is 0 Å². The third-order valence-corrected chi connectivity index (χ3v) is 3.93. The molecule has 2 saturated heterocycles. The molecule has 0 unspecified atom stereocenters. The van der Waals surface area contributed by atoms with E-state index in [4.69, 9.17) is 0 Å². The molecule has 1 aromatic rings. The van der Waals surface area contributed by atoms with Crippen molar-refractivity contribution in [1.29, 1.82) is 0 Å². The predicted octanol–water partition coefficient (Wildman–Crippen LogP) is 0.175. The Balaban J connectivity index is 1.40. The van der Waals surface area contributed by atoms with E-state index in [1.807, 2.05) is 30.3 Å². The van der Waals surface area contributed by atoms with E-state index in [0.29, 0.717) is 19.6 Å². The first-order valence-corrected chi connectivity index (χ1v) is 7.32. The summed E-state index contributed by atoms with van der Waals surface area (Å²) in [6.07, 6.45) is 0.775. The van der Waals surface area contributed by atoms with Crippen LogP contribution in [0.15, 0.2) is 30.3 Å². The minimum absolute atomic E-state index is 0.0542. The van der Waals surface area contributed by atoms with Crippen molar-refractivity contribution in [3.63, 3.8) is 0 Å². The number of rotatable bonds is 4. The van der Waals surface area contributed by atoms with Crippen LogP contribution in [0.4, 0.5) is 9.59 Å². The first-order chi connectivity index (χ1) is 10.6. The van der Waals surface area contributed by atoms with Gasteiger partial charge >= 0.3 is 12.1 Å². The second kappa shape index (κ2) is 6.05. The molecule has 0 aliphatic carbocycles. The monoisotopic (exact) mass is 302 g/mol. The first-order valence-electron chi connectivity index (χ1n) is 7.32. The summed E-state index contributed by atoms with van der Waals surface area (Å²) in [5, 5.41) is 5.33. The van der Waals surface area contributed by atoms with Gasteiger partial charge in [-0.1, -0.05) is 30.3 Å². The van der Waals surface area contributed by atoms with Crippen molar-refractivity contribution < 1.29 is 14.4 Å². The lowest BCUT2D eigenvalue weighted by molar-refractivity contribution is -0.128. The highest BCUT2D eigenvalue weighted by Crippen LogP contribution is 2.17. The van der Waals surface area contributed by atoms with Gasteiger partial charge in [-0.2, -0.15) is 0 Å². The number of imide groups is 1. The number of amides is 5. The summed E-state index contributed by atoms with van der Waals surface area (Å²) in [5.74, 6) is -0.223. The molecule has 7 heteroatoms. The average molecular weight is 302 g/mol. The predicted molar refractivity (Wildman–Crippen MR) is 79.2 cm³/mol. The van der Waals surface area contributed by atoms with Crippen LogP contribution in [0.1, 0.15) is 5.56 Å². The van der Waals surface area contributed by atoms with Gasteiger partial charge in [0, 0.05) is 19.6 Å². The van der Waals surface area contributed by atoms with E-state index in [2.05, 4.69) is 10.6 Å². The SMILES string of the molecule is O=C(NCCc1ccccc1)N1CC(N2C(=O)CNC2=O)C1. The Labute approximate surface area is 128 Å². The van der Waals surface area contributed by atoms with Crippen LogP contribution in [0.5, 0.6) is 0 Å². The molecule has 2 aliphatic rings. The molecule has 0 saturated carbocycles. The molecule has 2 aliphatic heterocycles. The van der Waals surface area contributed by atoms with Crippen LogP contribution >= 0.6 is 0 Å². The van der Waals surface area contributed by atoms with Crippen LogP contribution in [0.2, 0.25) is 0 Å². The van der Waals surface area contributed by atoms with Crippen molar-refractivity contribution in [3.05, 3.63) is 35.9 Å². The van der Waals surface area contributed by atoms with E-state index < -0.39 is 0 Å². The number of urea groups is 2. The van der Waals surface area contributed by atoms with Crippen molar-refractivity contribution in [2.75, 3.05) is 26.2 Å². The molecule has 2 heterocycles. The summed E-state index contributed by atoms with van der Waals surface area (Å²) in [5.41, 5.74) is 1.17. The Bertz CT molecular complexity index is 568. The van der Waals surface area contributed by atoms with E-state index >= 15 is 0 Å². The molecular formula is C15H18N4O3. The summed E-state index contributed by atoms with van der Waals surface area (Å²) >= 11 is 0. The zero-order valence-corrected chi connectivity index (χ0v) is 12.1. The molecule has 7 nitrogen and oxygen atoms in total. The molecule has 0 bridgehead atoms. The van der Waals surface area contributed by atoms with Gasteiger partial charge in [0.25, 0.3) is 0 Å². The lowest BCUT2D eigenvalue weighted by Gasteiger charge is -2.42. The number of likely N-dealkylation sites (tertiary alicyclic amines) is 1. The van der Waals surface area contributed by atoms with Crippen LogP contribution in [0.25, 0.3) is 0 Å². The average Bonchev–Trinajstić information content (AvgIpc) is 2.79. The van der Waals surface area contributed by atoms with Crippen molar-refractivity contribution >= 4 is 18.0 Å². The maximum atomic E-state index is 11.9. The van der Waals surface area contributed by atoms with E-state index in [0.717, 1.165) is 6.42 Å². The third kappa shape index (κ3) is 2.88. The van der Waals surface area contributed by atoms with E-state index in [1.54, 1.807) is 4.90 Å². The summed E-state index contributed by atoms with van der Waals surface area (Å²) in [6.45, 7) is 1.42. The number of carbonyl (C=O) groups excluding carboxylic acids is 3. The normalized spacial score (nSPS) is 18.2. The topological polar surface area (TPSA) is 81.8 Å². The Morgan fingerprint density at radius 2 is 1.95 bits per heavy atom. The number of benzene rings is 1. The standard InChI is InChI=1S/C15H18N4O3/c20-13-8-17-15(22)19(13)12-9-18(10-12)14(21)16-7-6-11-4-2-1-3-5-11/h1-5,12H,6-10H2,(H,16,21)(H,17,22). The van der Waals surface area contributed by atoms with Gasteiger partial charge in [-0.25, -0.2) is 9.59 Å². The van der Waals surface area contributed by atoms with Crippen molar-refractivity contribution in [3.8, 4) is 0 Å². The third-order valence-electron chi connectivity index (χ3n) is 3.93. The van der Waals surface area contributed by atoms with E-state index in [1.165, 1.54) is 10.5 Å². The second-order valence-corrected chi connectivity index (χ2v) is 5.45. The van der Waals surface area contributed by atoms with E-state index in [-0.39, 0.29) is 30.6 Å². The highest BCUT2D eigenvalue weighted by molar-refractivity contribution is 6.02. The van der Waals surface area contributed by atoms with Crippen molar-refractivity contribution in [2.45, 2.75) is 12.5 Å². The molecule has 116 valence electrons. The first kappa shape index (κ1) is 14.4. The van der Waals surface area contributed by atoms with Crippen LogP contribution in [0.3, 0.4) is 0 Å². The lowest BCUT2D eigenvalue weighted by atomic mass is 10.1. The van der Waals surface area contributed by atoms with Gasteiger partial charge in [0.15, 0.2) is 0 Å². The van der Waals surface area contributed by atoms with Crippen LogP contribution in [-0.4, -0.2) is 60.0 Å². The fourth-order valence-electron chi connectivity index (χ4n) is 2.66. The number of nitrogens with zero attached hydrogens (tertiary/aromatic N) is 2. The van der Waals surface area contributed by atoms with Crippen molar-refractivity contribution in [2.24, 2.45) is 0 Å². The molecular weight excluding hydrogens is 284 g/mol. The van der Waals surface area contributed by atoms with Crippen LogP contribution < -0.4 is 10.6 Å². The molecule has 0 radical (unpaired) electrons. The zero-order valence-electron chi connectivity index (χ0n) is 12.1. The van der Waals surface area contributed by atoms with E-state index in [9.17, 15) is 14.4 Å². The van der Waals surface area contributed by atoms with Gasteiger partial charge in [-0.3, -0.25) is 9.69 Å². The summed E-state index contributed by atoms with van der Waals surface area (Å²) in [7, 11) is 0. The van der Waals surface area contributed by atoms with Crippen LogP contribution in [-0.2, 0) is 11.2 Å². The smallest absolute Gasteiger partial charge is 0.324 e. The largest absolute Gasteiger partial charge is 0.338 e. The molecule has 1 aromatic carbocycles. The highest BCUT2D eigenvalue weighted by Gasteiger charge is 2.42. The fourth-order valence-corrected chi connectivity index (χ4v) is 2.66. The highest BCUT2D eigenvalue weighted by atomic mass is 16.2. The number of hydrogen-bond acceptors (Lipinski definition) is 3. The number of carbonyl (C=O) groups is 3. The maximum Gasteiger partial charge on any atom is 0.324 e. The molecule has 3 rings (SSSR count). The molecule has 0 spiro atoms. The Morgan fingerprint density at radius 3 is 2.59 bits per heavy atom.